The van der Waals surface area contributed by atoms with E-state index in [2.05, 4.69) is 59.4 Å². The minimum absolute atomic E-state index is 0.0916. The summed E-state index contributed by atoms with van der Waals surface area (Å²) in [6.45, 7) is 3.13. The summed E-state index contributed by atoms with van der Waals surface area (Å²) in [4.78, 5) is 13.0. The van der Waals surface area contributed by atoms with Crippen molar-refractivity contribution in [2.24, 2.45) is 0 Å². The average molecular weight is 467 g/mol. The Morgan fingerprint density at radius 3 is 2.49 bits per heavy atom. The maximum Gasteiger partial charge on any atom is 0.221 e. The largest absolute Gasteiger partial charge is 0.467 e. The fourth-order valence-corrected chi connectivity index (χ4v) is 4.53. The van der Waals surface area contributed by atoms with Crippen LogP contribution in [0.3, 0.4) is 0 Å². The highest BCUT2D eigenvalue weighted by molar-refractivity contribution is 5.86. The lowest BCUT2D eigenvalue weighted by molar-refractivity contribution is -0.121. The number of aryl methyl sites for hydroxylation is 1. The minimum Gasteiger partial charge on any atom is -0.467 e. The molecule has 4 nitrogen and oxygen atoms in total. The SMILES string of the molecule is Cc1ccc(Cn2cc([C@@H](CC(=O)NCc3ccco3)c3ccc(F)cc3)c3ccccc32)cc1. The van der Waals surface area contributed by atoms with Gasteiger partial charge >= 0.3 is 0 Å². The summed E-state index contributed by atoms with van der Waals surface area (Å²) in [5.74, 6) is 0.0883. The summed E-state index contributed by atoms with van der Waals surface area (Å²) in [6.07, 6.45) is 3.97. The first-order valence-corrected chi connectivity index (χ1v) is 11.7. The maximum absolute atomic E-state index is 13.7. The molecule has 5 heteroatoms. The Morgan fingerprint density at radius 1 is 0.971 bits per heavy atom. The normalized spacial score (nSPS) is 12.1. The molecule has 3 aromatic carbocycles. The molecule has 0 aliphatic heterocycles. The zero-order chi connectivity index (χ0) is 24.2. The molecule has 0 aliphatic rings. The molecule has 0 saturated carbocycles. The van der Waals surface area contributed by atoms with Gasteiger partial charge in [-0.25, -0.2) is 4.39 Å². The maximum atomic E-state index is 13.7. The molecule has 176 valence electrons. The number of carbonyl (C=O) groups is 1. The number of rotatable bonds is 8. The molecule has 0 bridgehead atoms. The zero-order valence-corrected chi connectivity index (χ0v) is 19.6. The van der Waals surface area contributed by atoms with Crippen LogP contribution >= 0.6 is 0 Å². The lowest BCUT2D eigenvalue weighted by Gasteiger charge is -2.17. The van der Waals surface area contributed by atoms with Crippen LogP contribution in [0.2, 0.25) is 0 Å². The molecule has 0 spiro atoms. The van der Waals surface area contributed by atoms with Gasteiger partial charge in [-0.2, -0.15) is 0 Å². The molecule has 35 heavy (non-hydrogen) atoms. The van der Waals surface area contributed by atoms with Crippen molar-refractivity contribution in [3.8, 4) is 0 Å². The Bertz CT molecular complexity index is 1420. The van der Waals surface area contributed by atoms with Gasteiger partial charge in [0.15, 0.2) is 0 Å². The predicted octanol–water partition coefficient (Wildman–Crippen LogP) is 6.57. The molecule has 0 aliphatic carbocycles. The molecule has 0 fully saturated rings. The summed E-state index contributed by atoms with van der Waals surface area (Å²) < 4.78 is 21.3. The van der Waals surface area contributed by atoms with Gasteiger partial charge in [0, 0.05) is 36.0 Å². The predicted molar refractivity (Wildman–Crippen MR) is 136 cm³/mol. The second kappa shape index (κ2) is 10.0. The fraction of sp³-hybridized carbons (Fsp3) is 0.167. The Balaban J connectivity index is 1.50. The number of aromatic nitrogens is 1. The van der Waals surface area contributed by atoms with Crippen molar-refractivity contribution in [2.75, 3.05) is 0 Å². The number of furan rings is 1. The third kappa shape index (κ3) is 5.19. The molecule has 5 rings (SSSR count). The van der Waals surface area contributed by atoms with E-state index in [1.54, 1.807) is 24.5 Å². The van der Waals surface area contributed by atoms with Crippen molar-refractivity contribution in [1.82, 2.24) is 9.88 Å². The van der Waals surface area contributed by atoms with Crippen LogP contribution in [0.15, 0.2) is 102 Å². The molecule has 2 heterocycles. The van der Waals surface area contributed by atoms with Gasteiger partial charge in [0.05, 0.1) is 12.8 Å². The van der Waals surface area contributed by atoms with Gasteiger partial charge in [-0.15, -0.1) is 0 Å². The fourth-order valence-electron chi connectivity index (χ4n) is 4.53. The Morgan fingerprint density at radius 2 is 1.74 bits per heavy atom. The van der Waals surface area contributed by atoms with Crippen LogP contribution in [0.5, 0.6) is 0 Å². The second-order valence-electron chi connectivity index (χ2n) is 8.88. The number of nitrogens with one attached hydrogen (secondary N) is 1. The number of fused-ring (bicyclic) bond motifs is 1. The van der Waals surface area contributed by atoms with E-state index in [4.69, 9.17) is 4.42 Å². The van der Waals surface area contributed by atoms with Crippen LogP contribution in [0, 0.1) is 12.7 Å². The highest BCUT2D eigenvalue weighted by Crippen LogP contribution is 2.35. The second-order valence-corrected chi connectivity index (χ2v) is 8.88. The van der Waals surface area contributed by atoms with Crippen molar-refractivity contribution >= 4 is 16.8 Å². The smallest absolute Gasteiger partial charge is 0.221 e. The van der Waals surface area contributed by atoms with Crippen LogP contribution < -0.4 is 5.32 Å². The lowest BCUT2D eigenvalue weighted by Crippen LogP contribution is -2.24. The monoisotopic (exact) mass is 466 g/mol. The van der Waals surface area contributed by atoms with Crippen LogP contribution in [0.4, 0.5) is 4.39 Å². The van der Waals surface area contributed by atoms with Crippen molar-refractivity contribution in [3.05, 3.63) is 131 Å². The number of halogens is 1. The van der Waals surface area contributed by atoms with Crippen molar-refractivity contribution < 1.29 is 13.6 Å². The number of hydrogen-bond acceptors (Lipinski definition) is 2. The third-order valence-corrected chi connectivity index (χ3v) is 6.37. The number of benzene rings is 3. The molecule has 0 saturated heterocycles. The van der Waals surface area contributed by atoms with Crippen LogP contribution in [0.25, 0.3) is 10.9 Å². The number of carbonyl (C=O) groups excluding carboxylic acids is 1. The highest BCUT2D eigenvalue weighted by atomic mass is 19.1. The summed E-state index contributed by atoms with van der Waals surface area (Å²) in [5, 5.41) is 4.04. The highest BCUT2D eigenvalue weighted by Gasteiger charge is 2.23. The summed E-state index contributed by atoms with van der Waals surface area (Å²) in [6, 6.07) is 26.8. The number of hydrogen-bond donors (Lipinski definition) is 1. The van der Waals surface area contributed by atoms with E-state index in [1.807, 2.05) is 18.2 Å². The first-order chi connectivity index (χ1) is 17.1. The van der Waals surface area contributed by atoms with E-state index in [1.165, 1.54) is 23.3 Å². The quantitative estimate of drug-likeness (QED) is 0.281. The topological polar surface area (TPSA) is 47.2 Å². The lowest BCUT2D eigenvalue weighted by atomic mass is 9.88. The standard InChI is InChI=1S/C30H27FN2O2/c1-21-8-10-22(11-9-21)19-33-20-28(26-6-2-3-7-29(26)33)27(23-12-14-24(31)15-13-23)17-30(34)32-18-25-5-4-16-35-25/h2-16,20,27H,17-19H2,1H3,(H,32,34)/t27-/m0/s1. The third-order valence-electron chi connectivity index (χ3n) is 6.37. The van der Waals surface area contributed by atoms with Crippen molar-refractivity contribution in [2.45, 2.75) is 32.4 Å². The number of nitrogens with zero attached hydrogens (tertiary/aromatic N) is 1. The van der Waals surface area contributed by atoms with E-state index in [9.17, 15) is 9.18 Å². The molecule has 1 amide bonds. The van der Waals surface area contributed by atoms with E-state index >= 15 is 0 Å². The van der Waals surface area contributed by atoms with Crippen molar-refractivity contribution in [3.63, 3.8) is 0 Å². The Labute approximate surface area is 204 Å². The van der Waals surface area contributed by atoms with E-state index < -0.39 is 0 Å². The molecular weight excluding hydrogens is 439 g/mol. The Kier molecular flexibility index (Phi) is 6.49. The molecule has 1 atom stereocenters. The van der Waals surface area contributed by atoms with Gasteiger partial charge in [0.2, 0.25) is 5.91 Å². The van der Waals surface area contributed by atoms with Gasteiger partial charge in [-0.1, -0.05) is 60.2 Å². The first-order valence-electron chi connectivity index (χ1n) is 11.7. The summed E-state index contributed by atoms with van der Waals surface area (Å²) in [5.41, 5.74) is 5.48. The van der Waals surface area contributed by atoms with E-state index in [0.717, 1.165) is 28.6 Å². The van der Waals surface area contributed by atoms with Crippen LogP contribution in [0.1, 0.15) is 40.4 Å². The molecule has 0 radical (unpaired) electrons. The van der Waals surface area contributed by atoms with Gasteiger partial charge in [0.1, 0.15) is 11.6 Å². The van der Waals surface area contributed by atoms with Crippen molar-refractivity contribution in [1.29, 1.82) is 0 Å². The average Bonchev–Trinajstić information content (AvgIpc) is 3.52. The summed E-state index contributed by atoms with van der Waals surface area (Å²) in [7, 11) is 0. The number of para-hydroxylation sites is 1. The van der Waals surface area contributed by atoms with Gasteiger partial charge in [-0.3, -0.25) is 4.79 Å². The van der Waals surface area contributed by atoms with Gasteiger partial charge in [-0.05, 0) is 53.9 Å². The summed E-state index contributed by atoms with van der Waals surface area (Å²) >= 11 is 0. The van der Waals surface area contributed by atoms with Crippen LogP contribution in [-0.2, 0) is 17.9 Å². The van der Waals surface area contributed by atoms with E-state index in [-0.39, 0.29) is 24.1 Å². The molecule has 2 aromatic heterocycles. The van der Waals surface area contributed by atoms with E-state index in [0.29, 0.717) is 12.3 Å². The first kappa shape index (κ1) is 22.7. The zero-order valence-electron chi connectivity index (χ0n) is 19.6. The van der Waals surface area contributed by atoms with Gasteiger partial charge in [0.25, 0.3) is 0 Å². The van der Waals surface area contributed by atoms with Gasteiger partial charge < -0.3 is 14.3 Å². The molecule has 5 aromatic rings. The Hall–Kier alpha value is -4.12. The molecule has 1 N–H and O–H groups in total. The minimum atomic E-state index is -0.295. The molecule has 0 unspecified atom stereocenters. The molecular formula is C30H27FN2O2. The van der Waals surface area contributed by atoms with Crippen LogP contribution in [-0.4, -0.2) is 10.5 Å². The number of amides is 1.